The highest BCUT2D eigenvalue weighted by Gasteiger charge is 2.25. The first-order valence-electron chi connectivity index (χ1n) is 4.48. The predicted molar refractivity (Wildman–Crippen MR) is 56.7 cm³/mol. The largest absolute Gasteiger partial charge is 0.368 e. The first-order valence-corrected chi connectivity index (χ1v) is 5.63. The lowest BCUT2D eigenvalue weighted by molar-refractivity contribution is -0.122. The Bertz CT molecular complexity index is 206. The lowest BCUT2D eigenvalue weighted by atomic mass is 10.2. The Labute approximate surface area is 83.3 Å². The number of primary amides is 1. The summed E-state index contributed by atoms with van der Waals surface area (Å²) in [7, 11) is 0. The number of allylic oxidation sites excluding steroid dienone is 1. The molecule has 1 heterocycles. The number of nitrogens with two attached hydrogens (primary N) is 1. The molecule has 1 amide bonds. The van der Waals surface area contributed by atoms with Crippen LogP contribution in [0.25, 0.3) is 0 Å². The van der Waals surface area contributed by atoms with Gasteiger partial charge in [0.15, 0.2) is 0 Å². The Kier molecular flexibility index (Phi) is 4.32. The Morgan fingerprint density at radius 1 is 1.77 bits per heavy atom. The van der Waals surface area contributed by atoms with Crippen LogP contribution in [0.15, 0.2) is 12.2 Å². The van der Waals surface area contributed by atoms with E-state index in [1.54, 1.807) is 11.8 Å². The highest BCUT2D eigenvalue weighted by molar-refractivity contribution is 7.99. The molecule has 0 radical (unpaired) electrons. The summed E-state index contributed by atoms with van der Waals surface area (Å²) < 4.78 is 0. The lowest BCUT2D eigenvalue weighted by Gasteiger charge is -2.32. The SMILES string of the molecule is C/C=C/CN1CCSCC1C(N)=O. The van der Waals surface area contributed by atoms with Gasteiger partial charge in [0.25, 0.3) is 0 Å². The number of hydrogen-bond acceptors (Lipinski definition) is 3. The van der Waals surface area contributed by atoms with Crippen molar-refractivity contribution in [3.63, 3.8) is 0 Å². The van der Waals surface area contributed by atoms with Crippen molar-refractivity contribution in [3.05, 3.63) is 12.2 Å². The van der Waals surface area contributed by atoms with Crippen molar-refractivity contribution < 1.29 is 4.79 Å². The molecule has 4 heteroatoms. The van der Waals surface area contributed by atoms with Gasteiger partial charge in [0.05, 0.1) is 6.04 Å². The average molecular weight is 200 g/mol. The lowest BCUT2D eigenvalue weighted by Crippen LogP contribution is -2.49. The molecule has 0 aromatic carbocycles. The quantitative estimate of drug-likeness (QED) is 0.673. The minimum Gasteiger partial charge on any atom is -0.368 e. The molecule has 1 unspecified atom stereocenters. The van der Waals surface area contributed by atoms with Crippen molar-refractivity contribution in [2.45, 2.75) is 13.0 Å². The molecule has 3 nitrogen and oxygen atoms in total. The second-order valence-corrected chi connectivity index (χ2v) is 4.21. The average Bonchev–Trinajstić information content (AvgIpc) is 2.15. The van der Waals surface area contributed by atoms with Crippen molar-refractivity contribution in [1.82, 2.24) is 4.90 Å². The summed E-state index contributed by atoms with van der Waals surface area (Å²) in [4.78, 5) is 13.2. The molecule has 1 aliphatic rings. The highest BCUT2D eigenvalue weighted by Crippen LogP contribution is 2.15. The number of nitrogens with zero attached hydrogens (tertiary/aromatic N) is 1. The Balaban J connectivity index is 2.51. The fourth-order valence-electron chi connectivity index (χ4n) is 1.36. The third-order valence-corrected chi connectivity index (χ3v) is 3.17. The summed E-state index contributed by atoms with van der Waals surface area (Å²) in [6.07, 6.45) is 4.06. The smallest absolute Gasteiger partial charge is 0.235 e. The van der Waals surface area contributed by atoms with Gasteiger partial charge in [0.1, 0.15) is 0 Å². The molecule has 74 valence electrons. The zero-order valence-electron chi connectivity index (χ0n) is 7.90. The van der Waals surface area contributed by atoms with Crippen LogP contribution in [0.3, 0.4) is 0 Å². The van der Waals surface area contributed by atoms with Crippen LogP contribution in [-0.2, 0) is 4.79 Å². The molecule has 0 aromatic rings. The molecule has 2 N–H and O–H groups in total. The van der Waals surface area contributed by atoms with Gasteiger partial charge in [-0.25, -0.2) is 0 Å². The van der Waals surface area contributed by atoms with Crippen molar-refractivity contribution in [2.24, 2.45) is 5.73 Å². The van der Waals surface area contributed by atoms with Crippen molar-refractivity contribution in [3.8, 4) is 0 Å². The summed E-state index contributed by atoms with van der Waals surface area (Å²) in [6, 6.07) is -0.0741. The van der Waals surface area contributed by atoms with E-state index in [1.165, 1.54) is 0 Å². The molecular weight excluding hydrogens is 184 g/mol. The van der Waals surface area contributed by atoms with Gasteiger partial charge in [0, 0.05) is 24.6 Å². The molecule has 0 spiro atoms. The van der Waals surface area contributed by atoms with Crippen molar-refractivity contribution >= 4 is 17.7 Å². The maximum Gasteiger partial charge on any atom is 0.235 e. The maximum absolute atomic E-state index is 11.1. The van der Waals surface area contributed by atoms with E-state index < -0.39 is 0 Å². The van der Waals surface area contributed by atoms with Crippen LogP contribution in [0.5, 0.6) is 0 Å². The standard InChI is InChI=1S/C9H16N2OS/c1-2-3-4-11-5-6-13-7-8(11)9(10)12/h2-3,8H,4-7H2,1H3,(H2,10,12)/b3-2+. The van der Waals surface area contributed by atoms with Gasteiger partial charge in [0.2, 0.25) is 5.91 Å². The molecule has 0 aliphatic carbocycles. The number of hydrogen-bond donors (Lipinski definition) is 1. The van der Waals surface area contributed by atoms with E-state index >= 15 is 0 Å². The third kappa shape index (κ3) is 3.04. The Hall–Kier alpha value is -0.480. The minimum absolute atomic E-state index is 0.0741. The minimum atomic E-state index is -0.197. The van der Waals surface area contributed by atoms with Crippen LogP contribution in [0.2, 0.25) is 0 Å². The maximum atomic E-state index is 11.1. The zero-order valence-corrected chi connectivity index (χ0v) is 8.72. The van der Waals surface area contributed by atoms with Gasteiger partial charge in [-0.05, 0) is 6.92 Å². The van der Waals surface area contributed by atoms with Gasteiger partial charge >= 0.3 is 0 Å². The summed E-state index contributed by atoms with van der Waals surface area (Å²) >= 11 is 1.80. The molecule has 0 aromatic heterocycles. The number of rotatable bonds is 3. The van der Waals surface area contributed by atoms with Gasteiger partial charge < -0.3 is 5.73 Å². The van der Waals surface area contributed by atoms with Gasteiger partial charge in [-0.2, -0.15) is 11.8 Å². The Morgan fingerprint density at radius 3 is 3.15 bits per heavy atom. The van der Waals surface area contributed by atoms with E-state index in [9.17, 15) is 4.79 Å². The topological polar surface area (TPSA) is 46.3 Å². The summed E-state index contributed by atoms with van der Waals surface area (Å²) in [5.41, 5.74) is 5.31. The second kappa shape index (κ2) is 5.29. The fraction of sp³-hybridized carbons (Fsp3) is 0.667. The summed E-state index contributed by atoms with van der Waals surface area (Å²) in [6.45, 7) is 3.78. The van der Waals surface area contributed by atoms with E-state index in [1.807, 2.05) is 13.0 Å². The van der Waals surface area contributed by atoms with Crippen LogP contribution in [-0.4, -0.2) is 41.4 Å². The van der Waals surface area contributed by atoms with Gasteiger partial charge in [-0.3, -0.25) is 9.69 Å². The van der Waals surface area contributed by atoms with Crippen LogP contribution < -0.4 is 5.73 Å². The third-order valence-electron chi connectivity index (χ3n) is 2.14. The highest BCUT2D eigenvalue weighted by atomic mass is 32.2. The van der Waals surface area contributed by atoms with Crippen molar-refractivity contribution in [1.29, 1.82) is 0 Å². The Morgan fingerprint density at radius 2 is 2.54 bits per heavy atom. The van der Waals surface area contributed by atoms with Crippen LogP contribution in [0, 0.1) is 0 Å². The first-order chi connectivity index (χ1) is 6.25. The van der Waals surface area contributed by atoms with Crippen LogP contribution >= 0.6 is 11.8 Å². The van der Waals surface area contributed by atoms with Gasteiger partial charge in [-0.15, -0.1) is 0 Å². The zero-order chi connectivity index (χ0) is 9.68. The van der Waals surface area contributed by atoms with E-state index in [-0.39, 0.29) is 11.9 Å². The molecule has 1 saturated heterocycles. The number of thioether (sulfide) groups is 1. The normalized spacial score (nSPS) is 25.2. The molecule has 0 bridgehead atoms. The monoisotopic (exact) mass is 200 g/mol. The molecule has 1 aliphatic heterocycles. The molecule has 13 heavy (non-hydrogen) atoms. The molecular formula is C9H16N2OS. The molecule has 1 atom stereocenters. The van der Waals surface area contributed by atoms with E-state index in [0.717, 1.165) is 24.6 Å². The predicted octanol–water partition coefficient (Wildman–Crippen LogP) is 0.465. The summed E-state index contributed by atoms with van der Waals surface area (Å²) in [5.74, 6) is 1.74. The number of carbonyl (C=O) groups is 1. The first kappa shape index (κ1) is 10.6. The summed E-state index contributed by atoms with van der Waals surface area (Å²) in [5, 5.41) is 0. The van der Waals surface area contributed by atoms with Crippen molar-refractivity contribution in [2.75, 3.05) is 24.6 Å². The molecule has 0 saturated carbocycles. The van der Waals surface area contributed by atoms with Crippen LogP contribution in [0.1, 0.15) is 6.92 Å². The second-order valence-electron chi connectivity index (χ2n) is 3.06. The molecule has 1 fully saturated rings. The number of amides is 1. The van der Waals surface area contributed by atoms with E-state index in [0.29, 0.717) is 0 Å². The number of carbonyl (C=O) groups excluding carboxylic acids is 1. The fourth-order valence-corrected chi connectivity index (χ4v) is 2.49. The van der Waals surface area contributed by atoms with Crippen LogP contribution in [0.4, 0.5) is 0 Å². The van der Waals surface area contributed by atoms with E-state index in [2.05, 4.69) is 11.0 Å². The van der Waals surface area contributed by atoms with E-state index in [4.69, 9.17) is 5.73 Å². The molecule has 1 rings (SSSR count). The van der Waals surface area contributed by atoms with Gasteiger partial charge in [-0.1, -0.05) is 12.2 Å².